The summed E-state index contributed by atoms with van der Waals surface area (Å²) in [4.78, 5) is 12.0. The van der Waals surface area contributed by atoms with Gasteiger partial charge in [-0.15, -0.1) is 0 Å². The molecule has 3 nitrogen and oxygen atoms in total. The zero-order valence-corrected chi connectivity index (χ0v) is 12.5. The second kappa shape index (κ2) is 5.93. The van der Waals surface area contributed by atoms with Crippen LogP contribution in [-0.2, 0) is 6.18 Å². The highest BCUT2D eigenvalue weighted by atomic mass is 79.9. The lowest BCUT2D eigenvalue weighted by molar-refractivity contribution is -0.137. The highest BCUT2D eigenvalue weighted by Gasteiger charge is 2.30. The van der Waals surface area contributed by atoms with E-state index in [9.17, 15) is 18.0 Å². The minimum absolute atomic E-state index is 0.274. The quantitative estimate of drug-likeness (QED) is 0.871. The molecule has 0 saturated heterocycles. The topological polar surface area (TPSA) is 42.2 Å². The monoisotopic (exact) mass is 361 g/mol. The Hall–Kier alpha value is -1.76. The predicted octanol–water partition coefficient (Wildman–Crippen LogP) is 4.55. The van der Waals surface area contributed by atoms with E-state index in [4.69, 9.17) is 4.42 Å². The Kier molecular flexibility index (Phi) is 4.41. The molecule has 1 atom stereocenters. The van der Waals surface area contributed by atoms with Gasteiger partial charge in [-0.1, -0.05) is 12.1 Å². The van der Waals surface area contributed by atoms with Crippen LogP contribution < -0.4 is 5.32 Å². The number of hydrogen-bond acceptors (Lipinski definition) is 2. The molecule has 1 heterocycles. The maximum absolute atomic E-state index is 12.7. The van der Waals surface area contributed by atoms with E-state index in [2.05, 4.69) is 21.2 Å². The van der Waals surface area contributed by atoms with Crippen molar-refractivity contribution < 1.29 is 22.4 Å². The smallest absolute Gasteiger partial charge is 0.416 e. The van der Waals surface area contributed by atoms with Crippen molar-refractivity contribution in [3.8, 4) is 0 Å². The number of carbonyl (C=O) groups excluding carboxylic acids is 1. The van der Waals surface area contributed by atoms with Gasteiger partial charge in [-0.2, -0.15) is 13.2 Å². The Bertz CT molecular complexity index is 652. The number of furan rings is 1. The van der Waals surface area contributed by atoms with Crippen molar-refractivity contribution in [2.75, 3.05) is 0 Å². The van der Waals surface area contributed by atoms with Crippen LogP contribution in [0.3, 0.4) is 0 Å². The number of alkyl halides is 3. The maximum atomic E-state index is 12.7. The molecule has 1 amide bonds. The van der Waals surface area contributed by atoms with Crippen molar-refractivity contribution in [3.05, 3.63) is 58.0 Å². The molecular formula is C14H11BrF3NO2. The minimum Gasteiger partial charge on any atom is -0.457 e. The van der Waals surface area contributed by atoms with E-state index in [0.29, 0.717) is 5.56 Å². The van der Waals surface area contributed by atoms with Gasteiger partial charge in [-0.05, 0) is 46.6 Å². The van der Waals surface area contributed by atoms with Crippen molar-refractivity contribution in [1.82, 2.24) is 5.32 Å². The van der Waals surface area contributed by atoms with Crippen LogP contribution in [0.5, 0.6) is 0 Å². The molecule has 21 heavy (non-hydrogen) atoms. The summed E-state index contributed by atoms with van der Waals surface area (Å²) in [6.45, 7) is 1.61. The number of amides is 1. The van der Waals surface area contributed by atoms with Crippen molar-refractivity contribution >= 4 is 21.8 Å². The summed E-state index contributed by atoms with van der Waals surface area (Å²) in [5.41, 5.74) is -0.0859. The molecule has 2 aromatic rings. The average Bonchev–Trinajstić information content (AvgIpc) is 2.84. The fourth-order valence-corrected chi connectivity index (χ4v) is 2.22. The minimum atomic E-state index is -4.41. The molecule has 0 aliphatic rings. The number of halogens is 4. The molecule has 0 aliphatic heterocycles. The van der Waals surface area contributed by atoms with Gasteiger partial charge in [-0.25, -0.2) is 0 Å². The van der Waals surface area contributed by atoms with E-state index in [0.717, 1.165) is 12.1 Å². The molecule has 7 heteroatoms. The van der Waals surface area contributed by atoms with Gasteiger partial charge in [0.2, 0.25) is 0 Å². The summed E-state index contributed by atoms with van der Waals surface area (Å²) in [5, 5.41) is 2.62. The van der Waals surface area contributed by atoms with Gasteiger partial charge in [0.25, 0.3) is 5.91 Å². The van der Waals surface area contributed by atoms with Crippen molar-refractivity contribution in [3.63, 3.8) is 0 Å². The number of benzene rings is 1. The van der Waals surface area contributed by atoms with Crippen molar-refractivity contribution in [1.29, 1.82) is 0 Å². The molecule has 112 valence electrons. The van der Waals surface area contributed by atoms with Crippen LogP contribution in [0.2, 0.25) is 0 Å². The normalized spacial score (nSPS) is 13.0. The van der Waals surface area contributed by atoms with E-state index in [-0.39, 0.29) is 10.2 Å². The van der Waals surface area contributed by atoms with Gasteiger partial charge in [0.05, 0.1) is 23.4 Å². The summed E-state index contributed by atoms with van der Waals surface area (Å²) in [6, 6.07) is 5.76. The summed E-state index contributed by atoms with van der Waals surface area (Å²) in [7, 11) is 0. The van der Waals surface area contributed by atoms with Gasteiger partial charge in [0.15, 0.2) is 4.67 Å². The van der Waals surface area contributed by atoms with Crippen molar-refractivity contribution in [2.45, 2.75) is 19.1 Å². The van der Waals surface area contributed by atoms with E-state index in [1.807, 2.05) is 0 Å². The van der Waals surface area contributed by atoms with E-state index < -0.39 is 23.7 Å². The molecule has 0 spiro atoms. The Morgan fingerprint density at radius 3 is 2.62 bits per heavy atom. The highest BCUT2D eigenvalue weighted by Crippen LogP contribution is 2.30. The number of rotatable bonds is 3. The zero-order valence-electron chi connectivity index (χ0n) is 10.9. The van der Waals surface area contributed by atoms with Gasteiger partial charge in [0.1, 0.15) is 0 Å². The first-order valence-electron chi connectivity index (χ1n) is 6.00. The maximum Gasteiger partial charge on any atom is 0.416 e. The van der Waals surface area contributed by atoms with Crippen LogP contribution in [-0.4, -0.2) is 5.91 Å². The van der Waals surface area contributed by atoms with Crippen LogP contribution >= 0.6 is 15.9 Å². The molecule has 2 rings (SSSR count). The Labute approximate surface area is 127 Å². The number of hydrogen-bond donors (Lipinski definition) is 1. The van der Waals surface area contributed by atoms with Crippen LogP contribution in [0, 0.1) is 0 Å². The molecule has 1 aromatic heterocycles. The SMILES string of the molecule is CC(NC(=O)c1ccoc1Br)c1cccc(C(F)(F)F)c1. The second-order valence-corrected chi connectivity index (χ2v) is 5.15. The van der Waals surface area contributed by atoms with Crippen molar-refractivity contribution in [2.24, 2.45) is 0 Å². The van der Waals surface area contributed by atoms with Crippen LogP contribution in [0.25, 0.3) is 0 Å². The largest absolute Gasteiger partial charge is 0.457 e. The fourth-order valence-electron chi connectivity index (χ4n) is 1.80. The molecule has 1 N–H and O–H groups in total. The molecular weight excluding hydrogens is 351 g/mol. The molecule has 0 saturated carbocycles. The first-order chi connectivity index (χ1) is 9.79. The average molecular weight is 362 g/mol. The molecule has 1 aromatic carbocycles. The van der Waals surface area contributed by atoms with E-state index in [1.165, 1.54) is 24.5 Å². The molecule has 0 bridgehead atoms. The lowest BCUT2D eigenvalue weighted by Gasteiger charge is -2.16. The van der Waals surface area contributed by atoms with E-state index in [1.54, 1.807) is 6.92 Å². The second-order valence-electron chi connectivity index (χ2n) is 4.43. The Morgan fingerprint density at radius 1 is 1.33 bits per heavy atom. The van der Waals surface area contributed by atoms with Crippen LogP contribution in [0.15, 0.2) is 45.7 Å². The summed E-state index contributed by atoms with van der Waals surface area (Å²) in [5.74, 6) is -0.430. The summed E-state index contributed by atoms with van der Waals surface area (Å²) in [6.07, 6.45) is -3.07. The summed E-state index contributed by atoms with van der Waals surface area (Å²) >= 11 is 3.07. The number of carbonyl (C=O) groups is 1. The van der Waals surface area contributed by atoms with Gasteiger partial charge in [-0.3, -0.25) is 4.79 Å². The lowest BCUT2D eigenvalue weighted by Crippen LogP contribution is -2.26. The van der Waals surface area contributed by atoms with Gasteiger partial charge < -0.3 is 9.73 Å². The standard InChI is InChI=1S/C14H11BrF3NO2/c1-8(19-13(20)11-5-6-21-12(11)15)9-3-2-4-10(7-9)14(16,17)18/h2-8H,1H3,(H,19,20). The third-order valence-electron chi connectivity index (χ3n) is 2.92. The van der Waals surface area contributed by atoms with Gasteiger partial charge in [0, 0.05) is 0 Å². The summed E-state index contributed by atoms with van der Waals surface area (Å²) < 4.78 is 43.2. The van der Waals surface area contributed by atoms with Gasteiger partial charge >= 0.3 is 6.18 Å². The zero-order chi connectivity index (χ0) is 15.6. The third-order valence-corrected chi connectivity index (χ3v) is 3.54. The molecule has 0 aliphatic carbocycles. The third kappa shape index (κ3) is 3.66. The Balaban J connectivity index is 2.16. The molecule has 1 unspecified atom stereocenters. The molecule has 0 fully saturated rings. The predicted molar refractivity (Wildman–Crippen MR) is 73.7 cm³/mol. The number of nitrogens with one attached hydrogen (secondary N) is 1. The highest BCUT2D eigenvalue weighted by molar-refractivity contribution is 9.10. The fraction of sp³-hybridized carbons (Fsp3) is 0.214. The first kappa shape index (κ1) is 15.6. The molecule has 0 radical (unpaired) electrons. The first-order valence-corrected chi connectivity index (χ1v) is 6.79. The van der Waals surface area contributed by atoms with Crippen LogP contribution in [0.4, 0.5) is 13.2 Å². The van der Waals surface area contributed by atoms with E-state index >= 15 is 0 Å². The Morgan fingerprint density at radius 2 is 2.05 bits per heavy atom. The lowest BCUT2D eigenvalue weighted by atomic mass is 10.0. The van der Waals surface area contributed by atoms with Crippen LogP contribution in [0.1, 0.15) is 34.5 Å².